The molecule has 2 heterocycles. The van der Waals surface area contributed by atoms with Gasteiger partial charge in [-0.15, -0.1) is 0 Å². The van der Waals surface area contributed by atoms with Crippen LogP contribution in [0.1, 0.15) is 43.6 Å². The Balaban J connectivity index is 2.17. The van der Waals surface area contributed by atoms with Crippen molar-refractivity contribution in [3.05, 3.63) is 69.6 Å². The first-order valence-corrected chi connectivity index (χ1v) is 10.0. The Hall–Kier alpha value is -3.34. The van der Waals surface area contributed by atoms with Gasteiger partial charge in [0.05, 0.1) is 11.3 Å². The summed E-state index contributed by atoms with van der Waals surface area (Å²) in [4.78, 5) is 25.7. The number of fused-ring (bicyclic) bond motifs is 3. The SMILES string of the molecule is CC(C)=CCc1c2c(c3oc(=O)cc(-c4ccccc4)c3c1O)C(=O)[C@H](C)[C@@H](C)O2. The lowest BCUT2D eigenvalue weighted by Gasteiger charge is -2.30. The molecule has 0 unspecified atom stereocenters. The van der Waals surface area contributed by atoms with Crippen molar-refractivity contribution in [1.82, 2.24) is 0 Å². The summed E-state index contributed by atoms with van der Waals surface area (Å²) in [7, 11) is 0. The molecule has 0 bridgehead atoms. The number of phenolic OH excluding ortho intramolecular Hbond substituents is 1. The maximum Gasteiger partial charge on any atom is 0.336 e. The lowest BCUT2D eigenvalue weighted by atomic mass is 9.86. The molecule has 1 aromatic heterocycles. The van der Waals surface area contributed by atoms with Crippen LogP contribution in [0.4, 0.5) is 0 Å². The van der Waals surface area contributed by atoms with Crippen molar-refractivity contribution in [3.8, 4) is 22.6 Å². The average molecular weight is 404 g/mol. The largest absolute Gasteiger partial charge is 0.507 e. The molecule has 5 heteroatoms. The maximum absolute atomic E-state index is 13.3. The van der Waals surface area contributed by atoms with Crippen LogP contribution in [0.5, 0.6) is 11.5 Å². The fraction of sp³-hybridized carbons (Fsp3) is 0.280. The van der Waals surface area contributed by atoms with Gasteiger partial charge in [-0.2, -0.15) is 0 Å². The highest BCUT2D eigenvalue weighted by atomic mass is 16.5. The monoisotopic (exact) mass is 404 g/mol. The quantitative estimate of drug-likeness (QED) is 0.475. The van der Waals surface area contributed by atoms with E-state index in [4.69, 9.17) is 9.15 Å². The summed E-state index contributed by atoms with van der Waals surface area (Å²) in [6.45, 7) is 7.56. The topological polar surface area (TPSA) is 76.7 Å². The second-order valence-corrected chi connectivity index (χ2v) is 8.04. The smallest absolute Gasteiger partial charge is 0.336 e. The van der Waals surface area contributed by atoms with Crippen LogP contribution in [0.15, 0.2) is 57.3 Å². The van der Waals surface area contributed by atoms with E-state index < -0.39 is 11.5 Å². The lowest BCUT2D eigenvalue weighted by Crippen LogP contribution is -2.34. The van der Waals surface area contributed by atoms with Crippen molar-refractivity contribution in [1.29, 1.82) is 0 Å². The van der Waals surface area contributed by atoms with Gasteiger partial charge in [0, 0.05) is 17.2 Å². The molecule has 0 radical (unpaired) electrons. The molecule has 2 atom stereocenters. The highest BCUT2D eigenvalue weighted by Gasteiger charge is 2.37. The first kappa shape index (κ1) is 20.0. The molecule has 5 nitrogen and oxygen atoms in total. The third kappa shape index (κ3) is 3.20. The van der Waals surface area contributed by atoms with Crippen molar-refractivity contribution in [2.45, 2.75) is 40.2 Å². The molecule has 1 aliphatic heterocycles. The summed E-state index contributed by atoms with van der Waals surface area (Å²) in [5, 5.41) is 11.7. The standard InChI is InChI=1S/C25H24O5/c1-13(2)10-11-17-23(28)20-18(16-8-6-5-7-9-16)12-19(26)30-25(20)21-22(27)14(3)15(4)29-24(17)21/h5-10,12,14-15,28H,11H2,1-4H3/t14-,15-/m1/s1. The number of ether oxygens (including phenoxy) is 1. The van der Waals surface area contributed by atoms with E-state index in [1.807, 2.05) is 57.2 Å². The van der Waals surface area contributed by atoms with Crippen LogP contribution < -0.4 is 10.4 Å². The molecule has 0 aliphatic carbocycles. The molecule has 4 rings (SSSR count). The zero-order valence-corrected chi connectivity index (χ0v) is 17.5. The van der Waals surface area contributed by atoms with Crippen LogP contribution in [-0.2, 0) is 6.42 Å². The minimum atomic E-state index is -0.584. The van der Waals surface area contributed by atoms with Gasteiger partial charge in [-0.3, -0.25) is 4.79 Å². The van der Waals surface area contributed by atoms with E-state index >= 15 is 0 Å². The van der Waals surface area contributed by atoms with Crippen LogP contribution in [0.25, 0.3) is 22.1 Å². The Morgan fingerprint density at radius 1 is 1.13 bits per heavy atom. The van der Waals surface area contributed by atoms with Crippen LogP contribution in [-0.4, -0.2) is 17.0 Å². The van der Waals surface area contributed by atoms with Gasteiger partial charge in [-0.05, 0) is 32.8 Å². The van der Waals surface area contributed by atoms with Crippen LogP contribution >= 0.6 is 0 Å². The number of hydrogen-bond acceptors (Lipinski definition) is 5. The van der Waals surface area contributed by atoms with Crippen molar-refractivity contribution in [3.63, 3.8) is 0 Å². The average Bonchev–Trinajstić information content (AvgIpc) is 2.71. The van der Waals surface area contributed by atoms with Crippen molar-refractivity contribution < 1.29 is 19.1 Å². The van der Waals surface area contributed by atoms with E-state index in [0.29, 0.717) is 28.7 Å². The number of rotatable bonds is 3. The molecule has 3 aromatic rings. The van der Waals surface area contributed by atoms with E-state index in [2.05, 4.69) is 0 Å². The summed E-state index contributed by atoms with van der Waals surface area (Å²) in [5.74, 6) is -0.271. The van der Waals surface area contributed by atoms with E-state index in [9.17, 15) is 14.7 Å². The number of hydrogen-bond donors (Lipinski definition) is 1. The van der Waals surface area contributed by atoms with Gasteiger partial charge in [-0.25, -0.2) is 4.79 Å². The predicted octanol–water partition coefficient (Wildman–Crippen LogP) is 5.27. The Kier molecular flexibility index (Phi) is 4.98. The van der Waals surface area contributed by atoms with Crippen molar-refractivity contribution in [2.24, 2.45) is 5.92 Å². The summed E-state index contributed by atoms with van der Waals surface area (Å²) < 4.78 is 11.6. The molecule has 0 amide bonds. The van der Waals surface area contributed by atoms with Gasteiger partial charge in [0.25, 0.3) is 0 Å². The highest BCUT2D eigenvalue weighted by Crippen LogP contribution is 2.47. The van der Waals surface area contributed by atoms with E-state index in [1.165, 1.54) is 6.07 Å². The number of Topliss-reactive ketones (excluding diaryl/α,β-unsaturated/α-hetero) is 1. The van der Waals surface area contributed by atoms with Gasteiger partial charge in [0.2, 0.25) is 0 Å². The molecule has 0 saturated heterocycles. The van der Waals surface area contributed by atoms with E-state index in [-0.39, 0.29) is 28.8 Å². The summed E-state index contributed by atoms with van der Waals surface area (Å²) in [6, 6.07) is 10.6. The third-order valence-corrected chi connectivity index (χ3v) is 5.68. The maximum atomic E-state index is 13.3. The Labute approximate surface area is 174 Å². The molecule has 2 aromatic carbocycles. The Bertz CT molecular complexity index is 1230. The van der Waals surface area contributed by atoms with Crippen molar-refractivity contribution in [2.75, 3.05) is 0 Å². The molecule has 1 aliphatic rings. The highest BCUT2D eigenvalue weighted by molar-refractivity contribution is 6.15. The summed E-state index contributed by atoms with van der Waals surface area (Å²) in [5.41, 5.74) is 2.62. The summed E-state index contributed by atoms with van der Waals surface area (Å²) >= 11 is 0. The van der Waals surface area contributed by atoms with Crippen molar-refractivity contribution >= 4 is 16.8 Å². The number of benzene rings is 2. The summed E-state index contributed by atoms with van der Waals surface area (Å²) in [6.07, 6.45) is 2.02. The van der Waals surface area contributed by atoms with E-state index in [1.54, 1.807) is 6.92 Å². The van der Waals surface area contributed by atoms with Gasteiger partial charge in [0.1, 0.15) is 23.2 Å². The second-order valence-electron chi connectivity index (χ2n) is 8.04. The zero-order valence-electron chi connectivity index (χ0n) is 17.5. The number of carbonyl (C=O) groups is 1. The zero-order chi connectivity index (χ0) is 21.6. The van der Waals surface area contributed by atoms with Gasteiger partial charge in [0.15, 0.2) is 11.4 Å². The number of aromatic hydroxyl groups is 1. The first-order valence-electron chi connectivity index (χ1n) is 10.0. The number of ketones is 1. The van der Waals surface area contributed by atoms with Crippen LogP contribution in [0.2, 0.25) is 0 Å². The fourth-order valence-corrected chi connectivity index (χ4v) is 3.84. The molecule has 30 heavy (non-hydrogen) atoms. The minimum absolute atomic E-state index is 0.0293. The fourth-order valence-electron chi connectivity index (χ4n) is 3.84. The van der Waals surface area contributed by atoms with Crippen LogP contribution in [0, 0.1) is 5.92 Å². The first-order chi connectivity index (χ1) is 14.3. The van der Waals surface area contributed by atoms with Gasteiger partial charge < -0.3 is 14.3 Å². The Morgan fingerprint density at radius 2 is 1.83 bits per heavy atom. The number of carbonyl (C=O) groups excluding carboxylic acids is 1. The van der Waals surface area contributed by atoms with Gasteiger partial charge in [-0.1, -0.05) is 48.9 Å². The predicted molar refractivity (Wildman–Crippen MR) is 116 cm³/mol. The molecule has 1 N–H and O–H groups in total. The normalized spacial score (nSPS) is 18.1. The van der Waals surface area contributed by atoms with Crippen LogP contribution in [0.3, 0.4) is 0 Å². The number of phenols is 1. The molecule has 0 fully saturated rings. The van der Waals surface area contributed by atoms with E-state index in [0.717, 1.165) is 11.1 Å². The number of allylic oxidation sites excluding steroid dienone is 2. The molecule has 0 saturated carbocycles. The Morgan fingerprint density at radius 3 is 2.50 bits per heavy atom. The van der Waals surface area contributed by atoms with Gasteiger partial charge >= 0.3 is 5.63 Å². The lowest BCUT2D eigenvalue weighted by molar-refractivity contribution is 0.0728. The third-order valence-electron chi connectivity index (χ3n) is 5.68. The second kappa shape index (κ2) is 7.48. The molecular formula is C25H24O5. The minimum Gasteiger partial charge on any atom is -0.507 e. The molecule has 0 spiro atoms. The molecule has 154 valence electrons. The molecular weight excluding hydrogens is 380 g/mol.